The van der Waals surface area contributed by atoms with E-state index in [9.17, 15) is 4.79 Å². The highest BCUT2D eigenvalue weighted by Gasteiger charge is 2.23. The third kappa shape index (κ3) is 4.06. The molecule has 3 rings (SSSR count). The molecule has 134 valence electrons. The smallest absolute Gasteiger partial charge is 0.222 e. The van der Waals surface area contributed by atoms with Crippen molar-refractivity contribution < 1.29 is 4.79 Å². The first-order valence-electron chi connectivity index (χ1n) is 7.56. The molecule has 8 nitrogen and oxygen atoms in total. The van der Waals surface area contributed by atoms with Gasteiger partial charge in [0.15, 0.2) is 5.65 Å². The Bertz CT molecular complexity index is 670. The molecule has 0 aliphatic carbocycles. The number of anilines is 1. The summed E-state index contributed by atoms with van der Waals surface area (Å²) in [7, 11) is 1.87. The minimum absolute atomic E-state index is 0. The second-order valence-corrected chi connectivity index (χ2v) is 5.46. The van der Waals surface area contributed by atoms with Crippen molar-refractivity contribution >= 4 is 47.6 Å². The second-order valence-electron chi connectivity index (χ2n) is 5.46. The molecule has 0 unspecified atom stereocenters. The first-order valence-corrected chi connectivity index (χ1v) is 7.56. The lowest BCUT2D eigenvalue weighted by molar-refractivity contribution is -0.131. The first-order chi connectivity index (χ1) is 10.7. The molecule has 2 N–H and O–H groups in total. The third-order valence-electron chi connectivity index (χ3n) is 4.04. The number of amides is 1. The standard InChI is InChI=1S/C14H21N7O.2ClH/c1-19-13-11(9-18-19)14(17-10-16-13)21-7-5-20(6-8-21)12(22)3-2-4-15;;/h9-10H,2-8,15H2,1H3;2*1H. The summed E-state index contributed by atoms with van der Waals surface area (Å²) in [6, 6.07) is 0. The van der Waals surface area contributed by atoms with E-state index >= 15 is 0 Å². The summed E-state index contributed by atoms with van der Waals surface area (Å²) in [6.45, 7) is 3.54. The van der Waals surface area contributed by atoms with Gasteiger partial charge in [-0.25, -0.2) is 9.97 Å². The molecule has 1 fully saturated rings. The fourth-order valence-electron chi connectivity index (χ4n) is 2.78. The van der Waals surface area contributed by atoms with Crippen molar-refractivity contribution in [2.24, 2.45) is 12.8 Å². The number of hydrogen-bond acceptors (Lipinski definition) is 6. The Morgan fingerprint density at radius 3 is 2.58 bits per heavy atom. The lowest BCUT2D eigenvalue weighted by Crippen LogP contribution is -2.49. The molecule has 0 bridgehead atoms. The average Bonchev–Trinajstić information content (AvgIpc) is 2.94. The molecule has 1 aliphatic heterocycles. The van der Waals surface area contributed by atoms with E-state index in [1.807, 2.05) is 11.9 Å². The van der Waals surface area contributed by atoms with Gasteiger partial charge in [-0.05, 0) is 13.0 Å². The topological polar surface area (TPSA) is 93.2 Å². The largest absolute Gasteiger partial charge is 0.352 e. The van der Waals surface area contributed by atoms with E-state index in [4.69, 9.17) is 5.73 Å². The lowest BCUT2D eigenvalue weighted by atomic mass is 10.2. The number of piperazine rings is 1. The maximum Gasteiger partial charge on any atom is 0.222 e. The Balaban J connectivity index is 0.00000144. The van der Waals surface area contributed by atoms with Gasteiger partial charge < -0.3 is 15.5 Å². The molecule has 1 amide bonds. The van der Waals surface area contributed by atoms with Crippen LogP contribution < -0.4 is 10.6 Å². The van der Waals surface area contributed by atoms with Crippen LogP contribution >= 0.6 is 24.8 Å². The van der Waals surface area contributed by atoms with Gasteiger partial charge in [0.2, 0.25) is 5.91 Å². The number of carbonyl (C=O) groups is 1. The molecule has 2 aromatic rings. The number of aromatic nitrogens is 4. The quantitative estimate of drug-likeness (QED) is 0.840. The van der Waals surface area contributed by atoms with Gasteiger partial charge in [0.1, 0.15) is 12.1 Å². The molecule has 0 spiro atoms. The molecule has 1 saturated heterocycles. The SMILES string of the molecule is Cl.Cl.Cn1ncc2c(N3CCN(C(=O)CCCN)CC3)ncnc21. The van der Waals surface area contributed by atoms with Crippen LogP contribution in [-0.4, -0.2) is 63.3 Å². The molecule has 0 aromatic carbocycles. The van der Waals surface area contributed by atoms with Gasteiger partial charge >= 0.3 is 0 Å². The minimum Gasteiger partial charge on any atom is -0.352 e. The van der Waals surface area contributed by atoms with Gasteiger partial charge in [-0.15, -0.1) is 24.8 Å². The Morgan fingerprint density at radius 1 is 1.21 bits per heavy atom. The van der Waals surface area contributed by atoms with E-state index in [-0.39, 0.29) is 30.7 Å². The van der Waals surface area contributed by atoms with Gasteiger partial charge in [0.25, 0.3) is 0 Å². The Morgan fingerprint density at radius 2 is 1.92 bits per heavy atom. The molecular formula is C14H23Cl2N7O. The molecule has 24 heavy (non-hydrogen) atoms. The van der Waals surface area contributed by atoms with E-state index in [0.717, 1.165) is 49.5 Å². The van der Waals surface area contributed by atoms with Crippen LogP contribution in [-0.2, 0) is 11.8 Å². The molecule has 2 aromatic heterocycles. The minimum atomic E-state index is 0. The summed E-state index contributed by atoms with van der Waals surface area (Å²) in [4.78, 5) is 24.8. The predicted octanol–water partition coefficient (Wildman–Crippen LogP) is 0.594. The van der Waals surface area contributed by atoms with E-state index in [1.165, 1.54) is 0 Å². The average molecular weight is 376 g/mol. The maximum absolute atomic E-state index is 12.0. The Hall–Kier alpha value is -1.64. The van der Waals surface area contributed by atoms with Crippen molar-refractivity contribution in [3.63, 3.8) is 0 Å². The second kappa shape index (κ2) is 9.00. The van der Waals surface area contributed by atoms with Crippen molar-refractivity contribution in [2.45, 2.75) is 12.8 Å². The van der Waals surface area contributed by atoms with Crippen molar-refractivity contribution in [3.8, 4) is 0 Å². The van der Waals surface area contributed by atoms with Gasteiger partial charge in [0, 0.05) is 39.6 Å². The molecule has 0 saturated carbocycles. The summed E-state index contributed by atoms with van der Waals surface area (Å²) in [6.07, 6.45) is 4.65. The molecule has 3 heterocycles. The third-order valence-corrected chi connectivity index (χ3v) is 4.04. The van der Waals surface area contributed by atoms with Gasteiger partial charge in [-0.2, -0.15) is 5.10 Å². The molecular weight excluding hydrogens is 353 g/mol. The summed E-state index contributed by atoms with van der Waals surface area (Å²) >= 11 is 0. The van der Waals surface area contributed by atoms with Crippen molar-refractivity contribution in [1.82, 2.24) is 24.6 Å². The van der Waals surface area contributed by atoms with Crippen LogP contribution in [0.5, 0.6) is 0 Å². The van der Waals surface area contributed by atoms with Crippen molar-refractivity contribution in [1.29, 1.82) is 0 Å². The molecule has 1 aliphatic rings. The van der Waals surface area contributed by atoms with Crippen LogP contribution in [0.4, 0.5) is 5.82 Å². The van der Waals surface area contributed by atoms with Crippen LogP contribution in [0.1, 0.15) is 12.8 Å². The fourth-order valence-corrected chi connectivity index (χ4v) is 2.78. The van der Waals surface area contributed by atoms with Gasteiger partial charge in [0.05, 0.1) is 11.6 Å². The van der Waals surface area contributed by atoms with Crippen molar-refractivity contribution in [2.75, 3.05) is 37.6 Å². The Labute approximate surface area is 153 Å². The van der Waals surface area contributed by atoms with E-state index in [0.29, 0.717) is 13.0 Å². The zero-order valence-electron chi connectivity index (χ0n) is 13.6. The number of nitrogens with two attached hydrogens (primary N) is 1. The highest BCUT2D eigenvalue weighted by molar-refractivity contribution is 5.87. The zero-order valence-corrected chi connectivity index (χ0v) is 15.2. The predicted molar refractivity (Wildman–Crippen MR) is 97.9 cm³/mol. The summed E-state index contributed by atoms with van der Waals surface area (Å²) in [5, 5.41) is 5.19. The van der Waals surface area contributed by atoms with Crippen LogP contribution in [0.15, 0.2) is 12.5 Å². The van der Waals surface area contributed by atoms with Crippen LogP contribution in [0.3, 0.4) is 0 Å². The molecule has 0 atom stereocenters. The number of rotatable bonds is 4. The number of fused-ring (bicyclic) bond motifs is 1. The highest BCUT2D eigenvalue weighted by atomic mass is 35.5. The molecule has 0 radical (unpaired) electrons. The Kier molecular flexibility index (Phi) is 7.65. The first kappa shape index (κ1) is 20.4. The van der Waals surface area contributed by atoms with E-state index in [1.54, 1.807) is 17.2 Å². The summed E-state index contributed by atoms with van der Waals surface area (Å²) in [5.74, 6) is 1.09. The fraction of sp³-hybridized carbons (Fsp3) is 0.571. The molecule has 10 heteroatoms. The van der Waals surface area contributed by atoms with Crippen LogP contribution in [0, 0.1) is 0 Å². The van der Waals surface area contributed by atoms with Gasteiger partial charge in [-0.3, -0.25) is 9.48 Å². The zero-order chi connectivity index (χ0) is 15.5. The monoisotopic (exact) mass is 375 g/mol. The number of carbonyl (C=O) groups excluding carboxylic acids is 1. The van der Waals surface area contributed by atoms with Crippen LogP contribution in [0.2, 0.25) is 0 Å². The van der Waals surface area contributed by atoms with Gasteiger partial charge in [-0.1, -0.05) is 0 Å². The number of nitrogens with zero attached hydrogens (tertiary/aromatic N) is 6. The van der Waals surface area contributed by atoms with E-state index < -0.39 is 0 Å². The maximum atomic E-state index is 12.0. The number of aryl methyl sites for hydroxylation is 1. The number of hydrogen-bond donors (Lipinski definition) is 1. The highest BCUT2D eigenvalue weighted by Crippen LogP contribution is 2.23. The van der Waals surface area contributed by atoms with Crippen molar-refractivity contribution in [3.05, 3.63) is 12.5 Å². The lowest BCUT2D eigenvalue weighted by Gasteiger charge is -2.35. The summed E-state index contributed by atoms with van der Waals surface area (Å²) in [5.41, 5.74) is 6.28. The normalized spacial score (nSPS) is 14.2. The van der Waals surface area contributed by atoms with Crippen LogP contribution in [0.25, 0.3) is 11.0 Å². The number of halogens is 2. The summed E-state index contributed by atoms with van der Waals surface area (Å²) < 4.78 is 1.74. The van der Waals surface area contributed by atoms with E-state index in [2.05, 4.69) is 20.0 Å².